The number of hydrogen-bond acceptors (Lipinski definition) is 4. The van der Waals surface area contributed by atoms with Gasteiger partial charge in [-0.2, -0.15) is 0 Å². The molecule has 0 radical (unpaired) electrons. The first-order chi connectivity index (χ1) is 12.1. The van der Waals surface area contributed by atoms with Gasteiger partial charge >= 0.3 is 6.03 Å². The van der Waals surface area contributed by atoms with Crippen LogP contribution in [0, 0.1) is 19.8 Å². The number of hydrogen-bond donors (Lipinski definition) is 2. The number of rotatable bonds is 5. The molecule has 2 heterocycles. The quantitative estimate of drug-likeness (QED) is 0.874. The molecule has 6 heteroatoms. The van der Waals surface area contributed by atoms with Crippen molar-refractivity contribution in [2.75, 3.05) is 13.2 Å². The fourth-order valence-electron chi connectivity index (χ4n) is 3.14. The van der Waals surface area contributed by atoms with E-state index in [-0.39, 0.29) is 18.1 Å². The number of benzene rings is 1. The molecule has 0 aliphatic carbocycles. The molecular formula is C19H25N3O3. The molecule has 25 heavy (non-hydrogen) atoms. The summed E-state index contributed by atoms with van der Waals surface area (Å²) in [7, 11) is 0. The Bertz CT molecular complexity index is 696. The number of amides is 2. The lowest BCUT2D eigenvalue weighted by Gasteiger charge is -2.32. The molecule has 1 aliphatic heterocycles. The lowest BCUT2D eigenvalue weighted by atomic mass is 9.89. The molecule has 0 spiro atoms. The van der Waals surface area contributed by atoms with Gasteiger partial charge in [0.15, 0.2) is 0 Å². The third-order valence-corrected chi connectivity index (χ3v) is 4.48. The molecule has 2 N–H and O–H groups in total. The lowest BCUT2D eigenvalue weighted by molar-refractivity contribution is -0.0269. The number of nitrogens with one attached hydrogen (secondary N) is 2. The predicted molar refractivity (Wildman–Crippen MR) is 94.1 cm³/mol. The van der Waals surface area contributed by atoms with Gasteiger partial charge < -0.3 is 19.9 Å². The molecule has 2 atom stereocenters. The SMILES string of the molecule is Cc1ccc([C@@H]2OCCC[C@@H]2CNC(=O)NCc2cc(C)on2)cc1. The zero-order valence-electron chi connectivity index (χ0n) is 14.7. The second kappa shape index (κ2) is 8.16. The van der Waals surface area contributed by atoms with Crippen LogP contribution in [0.15, 0.2) is 34.9 Å². The van der Waals surface area contributed by atoms with Gasteiger partial charge in [-0.1, -0.05) is 35.0 Å². The molecule has 6 nitrogen and oxygen atoms in total. The summed E-state index contributed by atoms with van der Waals surface area (Å²) < 4.78 is 11.0. The van der Waals surface area contributed by atoms with Gasteiger partial charge in [-0.05, 0) is 32.3 Å². The van der Waals surface area contributed by atoms with E-state index in [1.807, 2.05) is 13.0 Å². The molecule has 0 bridgehead atoms. The monoisotopic (exact) mass is 343 g/mol. The van der Waals surface area contributed by atoms with E-state index in [0.29, 0.717) is 18.8 Å². The highest BCUT2D eigenvalue weighted by atomic mass is 16.5. The van der Waals surface area contributed by atoms with E-state index in [0.717, 1.165) is 25.2 Å². The Balaban J connectivity index is 1.51. The van der Waals surface area contributed by atoms with E-state index < -0.39 is 0 Å². The molecule has 1 saturated heterocycles. The van der Waals surface area contributed by atoms with Gasteiger partial charge in [-0.3, -0.25) is 0 Å². The van der Waals surface area contributed by atoms with E-state index in [2.05, 4.69) is 47.0 Å². The van der Waals surface area contributed by atoms with Gasteiger partial charge in [0.1, 0.15) is 11.5 Å². The van der Waals surface area contributed by atoms with E-state index >= 15 is 0 Å². The zero-order chi connectivity index (χ0) is 17.6. The summed E-state index contributed by atoms with van der Waals surface area (Å²) >= 11 is 0. The Morgan fingerprint density at radius 1 is 1.24 bits per heavy atom. The first kappa shape index (κ1) is 17.5. The molecule has 1 aromatic carbocycles. The van der Waals surface area contributed by atoms with Crippen molar-refractivity contribution in [3.8, 4) is 0 Å². The van der Waals surface area contributed by atoms with E-state index in [9.17, 15) is 4.79 Å². The molecule has 2 amide bonds. The lowest BCUT2D eigenvalue weighted by Crippen LogP contribution is -2.40. The molecule has 134 valence electrons. The fraction of sp³-hybridized carbons (Fsp3) is 0.474. The van der Waals surface area contributed by atoms with Crippen molar-refractivity contribution in [1.82, 2.24) is 15.8 Å². The molecular weight excluding hydrogens is 318 g/mol. The molecule has 0 saturated carbocycles. The van der Waals surface area contributed by atoms with Crippen LogP contribution in [0.1, 0.15) is 41.5 Å². The van der Waals surface area contributed by atoms with Crippen molar-refractivity contribution in [3.63, 3.8) is 0 Å². The Morgan fingerprint density at radius 2 is 2.04 bits per heavy atom. The zero-order valence-corrected chi connectivity index (χ0v) is 14.7. The van der Waals surface area contributed by atoms with Crippen molar-refractivity contribution < 1.29 is 14.1 Å². The Hall–Kier alpha value is -2.34. The second-order valence-electron chi connectivity index (χ2n) is 6.60. The number of ether oxygens (including phenoxy) is 1. The summed E-state index contributed by atoms with van der Waals surface area (Å²) in [4.78, 5) is 12.0. The van der Waals surface area contributed by atoms with Gasteiger partial charge in [0.25, 0.3) is 0 Å². The number of urea groups is 1. The van der Waals surface area contributed by atoms with Gasteiger partial charge in [0.2, 0.25) is 0 Å². The number of nitrogens with zero attached hydrogens (tertiary/aromatic N) is 1. The maximum atomic E-state index is 12.0. The maximum Gasteiger partial charge on any atom is 0.315 e. The van der Waals surface area contributed by atoms with Crippen LogP contribution in [0.25, 0.3) is 0 Å². The number of aromatic nitrogens is 1. The summed E-state index contributed by atoms with van der Waals surface area (Å²) in [6, 6.07) is 10.0. The summed E-state index contributed by atoms with van der Waals surface area (Å²) in [6.45, 7) is 5.61. The average Bonchev–Trinajstić information content (AvgIpc) is 3.04. The predicted octanol–water partition coefficient (Wildman–Crippen LogP) is 3.26. The van der Waals surface area contributed by atoms with Crippen LogP contribution in [0.4, 0.5) is 4.79 Å². The third-order valence-electron chi connectivity index (χ3n) is 4.48. The van der Waals surface area contributed by atoms with E-state index in [4.69, 9.17) is 9.26 Å². The summed E-state index contributed by atoms with van der Waals surface area (Å²) in [5.74, 6) is 1.01. The summed E-state index contributed by atoms with van der Waals surface area (Å²) in [5, 5.41) is 9.61. The number of aryl methyl sites for hydroxylation is 2. The standard InChI is InChI=1S/C19H25N3O3/c1-13-5-7-15(8-6-13)18-16(4-3-9-24-18)11-20-19(23)21-12-17-10-14(2)25-22-17/h5-8,10,16,18H,3-4,9,11-12H2,1-2H3,(H2,20,21,23)/t16-,18+/m1/s1. The van der Waals surface area contributed by atoms with Crippen molar-refractivity contribution in [2.45, 2.75) is 39.3 Å². The minimum absolute atomic E-state index is 0.0350. The van der Waals surface area contributed by atoms with Crippen LogP contribution in [-0.2, 0) is 11.3 Å². The smallest absolute Gasteiger partial charge is 0.315 e. The van der Waals surface area contributed by atoms with Crippen molar-refractivity contribution in [3.05, 3.63) is 52.9 Å². The van der Waals surface area contributed by atoms with Gasteiger partial charge in [-0.25, -0.2) is 4.79 Å². The van der Waals surface area contributed by atoms with Crippen LogP contribution in [0.2, 0.25) is 0 Å². The minimum atomic E-state index is -0.200. The maximum absolute atomic E-state index is 12.0. The first-order valence-electron chi connectivity index (χ1n) is 8.74. The van der Waals surface area contributed by atoms with Crippen LogP contribution in [0.3, 0.4) is 0 Å². The van der Waals surface area contributed by atoms with Gasteiger partial charge in [0, 0.05) is 25.1 Å². The fourth-order valence-corrected chi connectivity index (χ4v) is 3.14. The molecule has 2 aromatic rings. The van der Waals surface area contributed by atoms with E-state index in [1.54, 1.807) is 0 Å². The number of carbonyl (C=O) groups excluding carboxylic acids is 1. The second-order valence-corrected chi connectivity index (χ2v) is 6.60. The minimum Gasteiger partial charge on any atom is -0.373 e. The molecule has 1 fully saturated rings. The Kier molecular flexibility index (Phi) is 5.71. The van der Waals surface area contributed by atoms with Crippen LogP contribution in [-0.4, -0.2) is 24.3 Å². The third kappa shape index (κ3) is 4.82. The molecule has 1 aliphatic rings. The van der Waals surface area contributed by atoms with Crippen LogP contribution >= 0.6 is 0 Å². The van der Waals surface area contributed by atoms with Crippen LogP contribution < -0.4 is 10.6 Å². The topological polar surface area (TPSA) is 76.4 Å². The average molecular weight is 343 g/mol. The highest BCUT2D eigenvalue weighted by Crippen LogP contribution is 2.33. The van der Waals surface area contributed by atoms with Crippen molar-refractivity contribution in [2.24, 2.45) is 5.92 Å². The first-order valence-corrected chi connectivity index (χ1v) is 8.74. The summed E-state index contributed by atoms with van der Waals surface area (Å²) in [6.07, 6.45) is 2.10. The molecule has 3 rings (SSSR count). The van der Waals surface area contributed by atoms with E-state index in [1.165, 1.54) is 11.1 Å². The molecule has 0 unspecified atom stereocenters. The van der Waals surface area contributed by atoms with Crippen molar-refractivity contribution in [1.29, 1.82) is 0 Å². The highest BCUT2D eigenvalue weighted by Gasteiger charge is 2.27. The largest absolute Gasteiger partial charge is 0.373 e. The van der Waals surface area contributed by atoms with Crippen LogP contribution in [0.5, 0.6) is 0 Å². The Labute approximate surface area is 147 Å². The Morgan fingerprint density at radius 3 is 2.76 bits per heavy atom. The van der Waals surface area contributed by atoms with Gasteiger partial charge in [0.05, 0.1) is 12.6 Å². The number of carbonyl (C=O) groups is 1. The van der Waals surface area contributed by atoms with Crippen molar-refractivity contribution >= 4 is 6.03 Å². The normalized spacial score (nSPS) is 20.2. The highest BCUT2D eigenvalue weighted by molar-refractivity contribution is 5.73. The molecule has 1 aromatic heterocycles. The van der Waals surface area contributed by atoms with Gasteiger partial charge in [-0.15, -0.1) is 0 Å². The summed E-state index contributed by atoms with van der Waals surface area (Å²) in [5.41, 5.74) is 3.12.